The van der Waals surface area contributed by atoms with Gasteiger partial charge in [-0.15, -0.1) is 0 Å². The maximum Gasteiger partial charge on any atom is 1.00 e. The van der Waals surface area contributed by atoms with Gasteiger partial charge in [0.25, 0.3) is 0 Å². The Labute approximate surface area is 158 Å². The topological polar surface area (TPSA) is 80.3 Å². The van der Waals surface area contributed by atoms with Gasteiger partial charge in [-0.3, -0.25) is 8.42 Å². The minimum atomic E-state index is -5.17. The highest BCUT2D eigenvalue weighted by molar-refractivity contribution is 7.79. The average molecular weight is 382 g/mol. The Morgan fingerprint density at radius 2 is 0.880 bits per heavy atom. The van der Waals surface area contributed by atoms with Crippen LogP contribution in [0, 0.1) is 0 Å². The van der Waals surface area contributed by atoms with Crippen molar-refractivity contribution in [2.75, 3.05) is 26.7 Å². The van der Waals surface area contributed by atoms with Crippen LogP contribution in [-0.2, 0) is 10.4 Å². The van der Waals surface area contributed by atoms with Gasteiger partial charge in [0.05, 0.1) is 26.7 Å². The highest BCUT2D eigenvalue weighted by atomic mass is 32.3. The minimum absolute atomic E-state index is 0. The molecule has 0 aromatic carbocycles. The number of nitrogens with zero attached hydrogens (tertiary/aromatic N) is 1. The van der Waals surface area contributed by atoms with E-state index >= 15 is 0 Å². The molecule has 0 aliphatic rings. The van der Waals surface area contributed by atoms with Gasteiger partial charge in [-0.2, -0.15) is 0 Å². The van der Waals surface area contributed by atoms with E-state index in [-0.39, 0.29) is 1.43 Å². The first-order chi connectivity index (χ1) is 11.7. The first-order valence-corrected chi connectivity index (χ1v) is 11.5. The molecule has 0 fully saturated rings. The van der Waals surface area contributed by atoms with E-state index < -0.39 is 10.4 Å². The third kappa shape index (κ3) is 26.2. The van der Waals surface area contributed by atoms with Crippen molar-refractivity contribution >= 4 is 10.4 Å². The average Bonchev–Trinajstić information content (AvgIpc) is 2.51. The van der Waals surface area contributed by atoms with E-state index in [2.05, 4.69) is 27.8 Å². The summed E-state index contributed by atoms with van der Waals surface area (Å²) in [6.07, 6.45) is 17.0. The zero-order valence-electron chi connectivity index (χ0n) is 18.1. The Bertz CT molecular complexity index is 338. The molecule has 0 amide bonds. The molecule has 6 heteroatoms. The summed E-state index contributed by atoms with van der Waals surface area (Å²) in [6, 6.07) is 0. The Kier molecular flexibility index (Phi) is 18.7. The highest BCUT2D eigenvalue weighted by Crippen LogP contribution is 2.14. The molecule has 0 rings (SSSR count). The molecular weight excluding hydrogens is 338 g/mol. The molecule has 0 saturated heterocycles. The van der Waals surface area contributed by atoms with Crippen LogP contribution in [-0.4, -0.2) is 48.7 Å². The largest absolute Gasteiger partial charge is 1.00 e. The van der Waals surface area contributed by atoms with Gasteiger partial charge < -0.3 is 13.6 Å². The maximum absolute atomic E-state index is 8.52. The first-order valence-electron chi connectivity index (χ1n) is 10.2. The molecular formula is C19H43NO4S. The van der Waals surface area contributed by atoms with Crippen molar-refractivity contribution in [3.05, 3.63) is 0 Å². The van der Waals surface area contributed by atoms with E-state index in [0.29, 0.717) is 0 Å². The standard InChI is InChI=1S/C19H42N.H2O4S/c1-5-8-11-14-17-20(4,18-15-12-9-6-2)19-16-13-10-7-3;1-5(2,3)4/h5-19H2,1-4H3;(H2,1,2,3,4)/q+1;/p-1. The summed E-state index contributed by atoms with van der Waals surface area (Å²) in [5.41, 5.74) is 0. The van der Waals surface area contributed by atoms with Gasteiger partial charge in [0.2, 0.25) is 0 Å². The predicted molar refractivity (Wildman–Crippen MR) is 105 cm³/mol. The molecule has 0 heterocycles. The summed E-state index contributed by atoms with van der Waals surface area (Å²) in [7, 11) is -2.65. The summed E-state index contributed by atoms with van der Waals surface area (Å²) in [4.78, 5) is 0. The third-order valence-corrected chi connectivity index (χ3v) is 4.65. The van der Waals surface area contributed by atoms with Crippen molar-refractivity contribution in [1.29, 1.82) is 0 Å². The monoisotopic (exact) mass is 381 g/mol. The molecule has 25 heavy (non-hydrogen) atoms. The second kappa shape index (κ2) is 17.3. The van der Waals surface area contributed by atoms with Crippen LogP contribution in [0.2, 0.25) is 0 Å². The van der Waals surface area contributed by atoms with Crippen LogP contribution < -0.4 is 0 Å². The number of hydrogen-bond donors (Lipinski definition) is 0. The Morgan fingerprint density at radius 1 is 0.640 bits per heavy atom. The summed E-state index contributed by atoms with van der Waals surface area (Å²) in [5, 5.41) is 0. The molecule has 5 nitrogen and oxygen atoms in total. The van der Waals surface area contributed by atoms with Crippen molar-refractivity contribution in [3.8, 4) is 0 Å². The molecule has 0 spiro atoms. The molecule has 0 aliphatic carbocycles. The van der Waals surface area contributed by atoms with Crippen LogP contribution in [0.25, 0.3) is 0 Å². The summed E-state index contributed by atoms with van der Waals surface area (Å²) >= 11 is 0. The lowest BCUT2D eigenvalue weighted by atomic mass is 10.1. The fourth-order valence-corrected chi connectivity index (χ4v) is 3.10. The van der Waals surface area contributed by atoms with Crippen molar-refractivity contribution in [2.45, 2.75) is 97.8 Å². The van der Waals surface area contributed by atoms with Crippen LogP contribution in [0.1, 0.15) is 99.2 Å². The van der Waals surface area contributed by atoms with E-state index in [0.717, 1.165) is 0 Å². The Hall–Kier alpha value is -0.170. The van der Waals surface area contributed by atoms with Crippen molar-refractivity contribution in [1.82, 2.24) is 0 Å². The van der Waals surface area contributed by atoms with Crippen LogP contribution in [0.15, 0.2) is 0 Å². The van der Waals surface area contributed by atoms with E-state index in [1.165, 1.54) is 101 Å². The van der Waals surface area contributed by atoms with Crippen LogP contribution in [0.5, 0.6) is 0 Å². The van der Waals surface area contributed by atoms with Crippen molar-refractivity contribution in [3.63, 3.8) is 0 Å². The number of unbranched alkanes of at least 4 members (excludes halogenated alkanes) is 9. The van der Waals surface area contributed by atoms with Gasteiger partial charge in [0.1, 0.15) is 0 Å². The number of hydrogen-bond acceptors (Lipinski definition) is 4. The Morgan fingerprint density at radius 3 is 1.08 bits per heavy atom. The smallest absolute Gasteiger partial charge is 0.759 e. The van der Waals surface area contributed by atoms with E-state index in [1.54, 1.807) is 0 Å². The van der Waals surface area contributed by atoms with Crippen LogP contribution in [0.3, 0.4) is 0 Å². The minimum Gasteiger partial charge on any atom is -0.759 e. The molecule has 0 aromatic heterocycles. The van der Waals surface area contributed by atoms with Crippen molar-refractivity contribution < 1.29 is 23.4 Å². The maximum atomic E-state index is 8.52. The predicted octanol–water partition coefficient (Wildman–Crippen LogP) is 4.95. The van der Waals surface area contributed by atoms with Gasteiger partial charge >= 0.3 is 1.43 Å². The quantitative estimate of drug-likeness (QED) is 0.174. The molecule has 0 unspecified atom stereocenters. The van der Waals surface area contributed by atoms with Gasteiger partial charge in [0, 0.05) is 10.4 Å². The second-order valence-electron chi connectivity index (χ2n) is 7.38. The summed E-state index contributed by atoms with van der Waals surface area (Å²) < 4.78 is 35.4. The third-order valence-electron chi connectivity index (χ3n) is 4.65. The van der Waals surface area contributed by atoms with Gasteiger partial charge in [-0.05, 0) is 38.5 Å². The Balaban J connectivity index is -0.000000772. The van der Waals surface area contributed by atoms with E-state index in [9.17, 15) is 0 Å². The molecule has 0 radical (unpaired) electrons. The molecule has 0 saturated carbocycles. The number of quaternary nitrogens is 1. The fraction of sp³-hybridized carbons (Fsp3) is 1.00. The van der Waals surface area contributed by atoms with Gasteiger partial charge in [-0.1, -0.05) is 59.3 Å². The lowest BCUT2D eigenvalue weighted by Crippen LogP contribution is -2.46. The first kappa shape index (κ1) is 27.1. The zero-order chi connectivity index (χ0) is 19.6. The summed E-state index contributed by atoms with van der Waals surface area (Å²) in [5.74, 6) is 0. The van der Waals surface area contributed by atoms with Gasteiger partial charge in [0.15, 0.2) is 0 Å². The molecule has 154 valence electrons. The zero-order valence-corrected chi connectivity index (χ0v) is 17.9. The molecule has 0 N–H and O–H groups in total. The lowest BCUT2D eigenvalue weighted by Gasteiger charge is -2.35. The molecule has 0 bridgehead atoms. The van der Waals surface area contributed by atoms with Gasteiger partial charge in [-0.25, -0.2) is 0 Å². The van der Waals surface area contributed by atoms with Crippen LogP contribution in [0.4, 0.5) is 0 Å². The molecule has 0 atom stereocenters. The highest BCUT2D eigenvalue weighted by Gasteiger charge is 2.19. The normalized spacial score (nSPS) is 11.9. The second-order valence-corrected chi connectivity index (χ2v) is 8.20. The molecule has 0 aromatic rings. The van der Waals surface area contributed by atoms with E-state index in [4.69, 9.17) is 17.5 Å². The van der Waals surface area contributed by atoms with E-state index in [1.807, 2.05) is 0 Å². The van der Waals surface area contributed by atoms with Crippen LogP contribution >= 0.6 is 0 Å². The van der Waals surface area contributed by atoms with Crippen molar-refractivity contribution in [2.24, 2.45) is 0 Å². The SMILES string of the molecule is CCCCCC[N+](C)(CCCCCC)CCCCCC.O=S(=O)([O-])[O-].[H+]. The lowest BCUT2D eigenvalue weighted by molar-refractivity contribution is -0.910. The number of rotatable bonds is 15. The summed E-state index contributed by atoms with van der Waals surface area (Å²) in [6.45, 7) is 11.2. The molecule has 0 aliphatic heterocycles. The fourth-order valence-electron chi connectivity index (χ4n) is 3.10.